The Kier molecular flexibility index (Phi) is 9.65. The van der Waals surface area contributed by atoms with E-state index in [4.69, 9.17) is 9.11 Å². The first-order chi connectivity index (χ1) is 6.21. The first-order valence-corrected chi connectivity index (χ1v) is 9.10. The van der Waals surface area contributed by atoms with Crippen molar-refractivity contribution in [3.05, 3.63) is 0 Å². The number of rotatable bonds is 4. The van der Waals surface area contributed by atoms with E-state index in [0.717, 1.165) is 0 Å². The van der Waals surface area contributed by atoms with Gasteiger partial charge in [-0.05, 0) is 0 Å². The Morgan fingerprint density at radius 3 is 0.941 bits per heavy atom. The van der Waals surface area contributed by atoms with Gasteiger partial charge in [0, 0.05) is 0 Å². The standard InChI is InChI=1S/2Na.H2O11S4.2H/c;;1-12(2,3)14(7,8)11-15(9,10)13(4,5)6;;/h;;(H,1,2,3)(H,4,5,6);;/q2*+1;;2*-1. The molecule has 0 radical (unpaired) electrons. The zero-order chi connectivity index (χ0) is 12.7. The summed E-state index contributed by atoms with van der Waals surface area (Å²) in [6.45, 7) is 0. The molecule has 0 aliphatic carbocycles. The van der Waals surface area contributed by atoms with Crippen molar-refractivity contribution < 1.29 is 108 Å². The minimum atomic E-state index is -6.14. The Morgan fingerprint density at radius 2 is 0.824 bits per heavy atom. The zero-order valence-corrected chi connectivity index (χ0v) is 15.5. The molecule has 0 aliphatic rings. The molecule has 0 aromatic carbocycles. The molecule has 0 saturated carbocycles. The molecule has 0 fully saturated rings. The van der Waals surface area contributed by atoms with Gasteiger partial charge in [0.1, 0.15) is 0 Å². The number of hydrogen-bond acceptors (Lipinski definition) is 9. The fourth-order valence-corrected chi connectivity index (χ4v) is 4.45. The minimum Gasteiger partial charge on any atom is -1.00 e. The molecule has 0 atom stereocenters. The van der Waals surface area contributed by atoms with Crippen LogP contribution in [-0.4, -0.2) is 42.8 Å². The number of hydrogen-bond donors (Lipinski definition) is 2. The van der Waals surface area contributed by atoms with E-state index < -0.39 is 36.6 Å². The summed E-state index contributed by atoms with van der Waals surface area (Å²) < 4.78 is 99.4. The molecule has 0 saturated heterocycles. The Labute approximate surface area is 143 Å². The van der Waals surface area contributed by atoms with Gasteiger partial charge >= 0.3 is 95.7 Å². The molecule has 11 nitrogen and oxygen atoms in total. The van der Waals surface area contributed by atoms with Gasteiger partial charge in [0.2, 0.25) is 0 Å². The second-order valence-corrected chi connectivity index (χ2v) is 10.6. The van der Waals surface area contributed by atoms with Crippen molar-refractivity contribution in [1.29, 1.82) is 0 Å². The average Bonchev–Trinajstić information content (AvgIpc) is 1.77. The van der Waals surface area contributed by atoms with Crippen molar-refractivity contribution in [3.63, 3.8) is 0 Å². The molecule has 2 N–H and O–H groups in total. The van der Waals surface area contributed by atoms with Gasteiger partial charge in [-0.15, -0.1) is 3.63 Å². The van der Waals surface area contributed by atoms with E-state index in [1.54, 1.807) is 0 Å². The Balaban J connectivity index is -0.000000163. The van der Waals surface area contributed by atoms with Crippen LogP contribution in [0.4, 0.5) is 0 Å². The second kappa shape index (κ2) is 6.91. The van der Waals surface area contributed by atoms with Crippen LogP contribution < -0.4 is 59.1 Å². The van der Waals surface area contributed by atoms with E-state index in [1.807, 2.05) is 0 Å². The van der Waals surface area contributed by atoms with Crippen molar-refractivity contribution in [2.45, 2.75) is 0 Å². The summed E-state index contributed by atoms with van der Waals surface area (Å²) in [7, 11) is -24.3. The molecule has 0 bridgehead atoms. The Morgan fingerprint density at radius 1 is 0.647 bits per heavy atom. The van der Waals surface area contributed by atoms with Gasteiger partial charge in [-0.2, -0.15) is 33.7 Å². The smallest absolute Gasteiger partial charge is 1.00 e. The van der Waals surface area contributed by atoms with Crippen molar-refractivity contribution in [3.8, 4) is 0 Å². The van der Waals surface area contributed by atoms with E-state index in [2.05, 4.69) is 3.63 Å². The van der Waals surface area contributed by atoms with Crippen LogP contribution in [0.3, 0.4) is 0 Å². The third-order valence-electron chi connectivity index (χ3n) is 0.683. The van der Waals surface area contributed by atoms with Crippen LogP contribution in [0.25, 0.3) is 0 Å². The van der Waals surface area contributed by atoms with Crippen LogP contribution in [0.2, 0.25) is 0 Å². The summed E-state index contributed by atoms with van der Waals surface area (Å²) in [6, 6.07) is 0. The van der Waals surface area contributed by atoms with Crippen molar-refractivity contribution in [2.75, 3.05) is 0 Å². The molecule has 0 heterocycles. The maximum Gasteiger partial charge on any atom is 1.00 e. The van der Waals surface area contributed by atoms with E-state index in [0.29, 0.717) is 0 Å². The molecule has 17 heavy (non-hydrogen) atoms. The largest absolute Gasteiger partial charge is 1.00 e. The predicted molar refractivity (Wildman–Crippen MR) is 44.2 cm³/mol. The molecule has 0 aromatic heterocycles. The van der Waals surface area contributed by atoms with Gasteiger partial charge in [-0.1, -0.05) is 0 Å². The molecule has 0 unspecified atom stereocenters. The first kappa shape index (κ1) is 23.7. The van der Waals surface area contributed by atoms with Gasteiger partial charge in [0.15, 0.2) is 0 Å². The van der Waals surface area contributed by atoms with Gasteiger partial charge in [-0.3, -0.25) is 9.11 Å². The van der Waals surface area contributed by atoms with E-state index in [9.17, 15) is 33.7 Å². The van der Waals surface area contributed by atoms with Crippen molar-refractivity contribution in [1.82, 2.24) is 0 Å². The monoisotopic (exact) mass is 354 g/mol. The molecule has 0 amide bonds. The predicted octanol–water partition coefficient (Wildman–Crippen LogP) is -8.50. The summed E-state index contributed by atoms with van der Waals surface area (Å²) in [5.41, 5.74) is 0. The van der Waals surface area contributed by atoms with Crippen LogP contribution in [0.15, 0.2) is 0 Å². The average molecular weight is 354 g/mol. The Hall–Kier alpha value is 1.68. The van der Waals surface area contributed by atoms with Gasteiger partial charge in [0.05, 0.1) is 0 Å². The van der Waals surface area contributed by atoms with Crippen molar-refractivity contribution >= 4 is 36.6 Å². The third kappa shape index (κ3) is 6.59. The molecule has 0 aliphatic heterocycles. The van der Waals surface area contributed by atoms with Gasteiger partial charge < -0.3 is 2.85 Å². The summed E-state index contributed by atoms with van der Waals surface area (Å²) in [6.07, 6.45) is 0. The molecular weight excluding hydrogens is 350 g/mol. The quantitative estimate of drug-likeness (QED) is 0.277. The topological polar surface area (TPSA) is 186 Å². The maximum atomic E-state index is 10.3. The van der Waals surface area contributed by atoms with Crippen LogP contribution >= 0.6 is 0 Å². The summed E-state index contributed by atoms with van der Waals surface area (Å²) in [5.74, 6) is 0. The van der Waals surface area contributed by atoms with E-state index in [1.165, 1.54) is 0 Å². The normalized spacial score (nSPS) is 13.3. The molecule has 0 rings (SSSR count). The van der Waals surface area contributed by atoms with Crippen LogP contribution in [0.1, 0.15) is 2.85 Å². The zero-order valence-electron chi connectivity index (χ0n) is 10.2. The van der Waals surface area contributed by atoms with Crippen LogP contribution in [-0.2, 0) is 40.2 Å². The van der Waals surface area contributed by atoms with Crippen molar-refractivity contribution in [2.24, 2.45) is 0 Å². The SMILES string of the molecule is O=S(=O)(O)S(=O)(=O)OS(=O)(=O)S(=O)(=O)O.[H-].[H-].[Na+].[Na+]. The maximum absolute atomic E-state index is 10.3. The molecule has 0 aromatic rings. The second-order valence-electron chi connectivity index (χ2n) is 1.74. The third-order valence-corrected chi connectivity index (χ3v) is 7.14. The fourth-order valence-electron chi connectivity index (χ4n) is 0.172. The molecular formula is H4Na2O11S4. The first-order valence-electron chi connectivity index (χ1n) is 2.37. The molecule has 0 spiro atoms. The fraction of sp³-hybridized carbons (Fsp3) is 0. The minimum absolute atomic E-state index is 0. The summed E-state index contributed by atoms with van der Waals surface area (Å²) in [4.78, 5) is 0. The van der Waals surface area contributed by atoms with Gasteiger partial charge in [0.25, 0.3) is 0 Å². The Bertz CT molecular complexity index is 590. The van der Waals surface area contributed by atoms with E-state index in [-0.39, 0.29) is 62.0 Å². The van der Waals surface area contributed by atoms with Crippen LogP contribution in [0, 0.1) is 0 Å². The molecule has 96 valence electrons. The summed E-state index contributed by atoms with van der Waals surface area (Å²) in [5, 5.41) is 0. The van der Waals surface area contributed by atoms with Gasteiger partial charge in [-0.25, -0.2) is 0 Å². The molecule has 17 heteroatoms. The van der Waals surface area contributed by atoms with E-state index >= 15 is 0 Å². The summed E-state index contributed by atoms with van der Waals surface area (Å²) >= 11 is 0. The van der Waals surface area contributed by atoms with Crippen LogP contribution in [0.5, 0.6) is 0 Å².